The highest BCUT2D eigenvalue weighted by Gasteiger charge is 2.17. The van der Waals surface area contributed by atoms with E-state index in [1.165, 1.54) is 4.57 Å². The molecule has 7 nitrogen and oxygen atoms in total. The SMILES string of the molecule is Cc1ccc(-n2c(SCC(=O)NC(=O)NCCC(C)C)nc3ccccc3c2=O)c(C)c1. The van der Waals surface area contributed by atoms with Gasteiger partial charge in [0.15, 0.2) is 5.16 Å². The van der Waals surface area contributed by atoms with E-state index in [0.717, 1.165) is 29.3 Å². The molecule has 2 N–H and O–H groups in total. The molecule has 0 aliphatic heterocycles. The van der Waals surface area contributed by atoms with Gasteiger partial charge in [-0.15, -0.1) is 0 Å². The number of aryl methyl sites for hydroxylation is 2. The fraction of sp³-hybridized carbons (Fsp3) is 0.333. The summed E-state index contributed by atoms with van der Waals surface area (Å²) in [5, 5.41) is 5.91. The maximum Gasteiger partial charge on any atom is 0.321 e. The van der Waals surface area contributed by atoms with Crippen molar-refractivity contribution in [2.45, 2.75) is 39.3 Å². The first-order chi connectivity index (χ1) is 15.3. The molecule has 0 unspecified atom stereocenters. The number of benzene rings is 2. The molecule has 0 saturated carbocycles. The van der Waals surface area contributed by atoms with E-state index < -0.39 is 11.9 Å². The van der Waals surface area contributed by atoms with Gasteiger partial charge in [-0.2, -0.15) is 0 Å². The van der Waals surface area contributed by atoms with Crippen molar-refractivity contribution in [1.82, 2.24) is 20.2 Å². The summed E-state index contributed by atoms with van der Waals surface area (Å²) in [7, 11) is 0. The monoisotopic (exact) mass is 452 g/mol. The second-order valence-electron chi connectivity index (χ2n) is 8.12. The number of carbonyl (C=O) groups is 2. The predicted octanol–water partition coefficient (Wildman–Crippen LogP) is 3.97. The summed E-state index contributed by atoms with van der Waals surface area (Å²) < 4.78 is 1.54. The molecule has 0 fully saturated rings. The number of thioether (sulfide) groups is 1. The Morgan fingerprint density at radius 3 is 2.59 bits per heavy atom. The lowest BCUT2D eigenvalue weighted by Crippen LogP contribution is -2.41. The topological polar surface area (TPSA) is 93.1 Å². The van der Waals surface area contributed by atoms with Crippen molar-refractivity contribution in [2.75, 3.05) is 12.3 Å². The smallest absolute Gasteiger partial charge is 0.321 e. The van der Waals surface area contributed by atoms with Crippen LogP contribution in [0.1, 0.15) is 31.4 Å². The lowest BCUT2D eigenvalue weighted by Gasteiger charge is -2.15. The molecule has 0 atom stereocenters. The molecule has 8 heteroatoms. The molecule has 0 saturated heterocycles. The van der Waals surface area contributed by atoms with E-state index in [1.807, 2.05) is 38.1 Å². The molecule has 168 valence electrons. The first-order valence-electron chi connectivity index (χ1n) is 10.6. The maximum absolute atomic E-state index is 13.3. The molecule has 0 spiro atoms. The van der Waals surface area contributed by atoms with Crippen molar-refractivity contribution in [1.29, 1.82) is 0 Å². The van der Waals surface area contributed by atoms with Gasteiger partial charge in [0.05, 0.1) is 22.3 Å². The van der Waals surface area contributed by atoms with Crippen LogP contribution in [0.3, 0.4) is 0 Å². The fourth-order valence-electron chi connectivity index (χ4n) is 3.29. The first kappa shape index (κ1) is 23.5. The van der Waals surface area contributed by atoms with Gasteiger partial charge < -0.3 is 5.32 Å². The second kappa shape index (κ2) is 10.5. The van der Waals surface area contributed by atoms with Crippen LogP contribution in [0.25, 0.3) is 16.6 Å². The van der Waals surface area contributed by atoms with E-state index in [1.54, 1.807) is 18.2 Å². The summed E-state index contributed by atoms with van der Waals surface area (Å²) in [5.74, 6) is -0.0399. The van der Waals surface area contributed by atoms with Crippen molar-refractivity contribution in [3.05, 3.63) is 63.9 Å². The van der Waals surface area contributed by atoms with Crippen LogP contribution in [0.4, 0.5) is 4.79 Å². The number of amides is 3. The molecule has 1 aromatic heterocycles. The molecule has 0 bridgehead atoms. The number of aromatic nitrogens is 2. The van der Waals surface area contributed by atoms with Crippen molar-refractivity contribution < 1.29 is 9.59 Å². The van der Waals surface area contributed by atoms with Gasteiger partial charge in [0, 0.05) is 6.54 Å². The molecule has 32 heavy (non-hydrogen) atoms. The zero-order valence-electron chi connectivity index (χ0n) is 18.8. The quantitative estimate of drug-likeness (QED) is 0.418. The summed E-state index contributed by atoms with van der Waals surface area (Å²) >= 11 is 1.12. The van der Waals surface area contributed by atoms with E-state index >= 15 is 0 Å². The molecule has 0 aliphatic rings. The number of imide groups is 1. The van der Waals surface area contributed by atoms with Gasteiger partial charge in [-0.3, -0.25) is 19.5 Å². The van der Waals surface area contributed by atoms with Crippen LogP contribution < -0.4 is 16.2 Å². The Morgan fingerprint density at radius 1 is 1.12 bits per heavy atom. The molecule has 0 radical (unpaired) electrons. The lowest BCUT2D eigenvalue weighted by molar-refractivity contribution is -0.117. The lowest BCUT2D eigenvalue weighted by atomic mass is 10.1. The van der Waals surface area contributed by atoms with Gasteiger partial charge in [-0.05, 0) is 49.9 Å². The fourth-order valence-corrected chi connectivity index (χ4v) is 4.09. The largest absolute Gasteiger partial charge is 0.338 e. The standard InChI is InChI=1S/C24H28N4O3S/c1-15(2)11-12-25-23(31)27-21(29)14-32-24-26-19-8-6-5-7-18(19)22(30)28(24)20-10-9-16(3)13-17(20)4/h5-10,13,15H,11-12,14H2,1-4H3,(H2,25,27,29,31). The number of hydrogen-bond acceptors (Lipinski definition) is 5. The first-order valence-corrected chi connectivity index (χ1v) is 11.5. The zero-order valence-corrected chi connectivity index (χ0v) is 19.6. The van der Waals surface area contributed by atoms with Crippen molar-refractivity contribution in [3.8, 4) is 5.69 Å². The molecule has 1 heterocycles. The van der Waals surface area contributed by atoms with Crippen LogP contribution >= 0.6 is 11.8 Å². The van der Waals surface area contributed by atoms with Crippen LogP contribution in [0, 0.1) is 19.8 Å². The number of hydrogen-bond donors (Lipinski definition) is 2. The Hall–Kier alpha value is -3.13. The number of fused-ring (bicyclic) bond motifs is 1. The Kier molecular flexibility index (Phi) is 7.69. The van der Waals surface area contributed by atoms with Crippen LogP contribution in [0.2, 0.25) is 0 Å². The van der Waals surface area contributed by atoms with Crippen LogP contribution in [0.15, 0.2) is 52.4 Å². The van der Waals surface area contributed by atoms with Crippen LogP contribution in [-0.4, -0.2) is 33.8 Å². The summed E-state index contributed by atoms with van der Waals surface area (Å²) in [6.07, 6.45) is 0.833. The predicted molar refractivity (Wildman–Crippen MR) is 129 cm³/mol. The number of urea groups is 1. The highest BCUT2D eigenvalue weighted by Crippen LogP contribution is 2.23. The second-order valence-corrected chi connectivity index (χ2v) is 9.06. The molecular weight excluding hydrogens is 424 g/mol. The van der Waals surface area contributed by atoms with Crippen molar-refractivity contribution in [2.24, 2.45) is 5.92 Å². The van der Waals surface area contributed by atoms with E-state index in [-0.39, 0.29) is 11.3 Å². The number of rotatable bonds is 7. The van der Waals surface area contributed by atoms with E-state index in [4.69, 9.17) is 0 Å². The van der Waals surface area contributed by atoms with E-state index in [2.05, 4.69) is 29.5 Å². The maximum atomic E-state index is 13.3. The summed E-state index contributed by atoms with van der Waals surface area (Å²) in [4.78, 5) is 42.2. The Labute approximate surface area is 191 Å². The van der Waals surface area contributed by atoms with Crippen LogP contribution in [-0.2, 0) is 4.79 Å². The average Bonchev–Trinajstić information content (AvgIpc) is 2.73. The Balaban J connectivity index is 1.85. The minimum atomic E-state index is -0.519. The minimum Gasteiger partial charge on any atom is -0.338 e. The molecule has 3 rings (SSSR count). The van der Waals surface area contributed by atoms with Crippen LogP contribution in [0.5, 0.6) is 0 Å². The summed E-state index contributed by atoms with van der Waals surface area (Å²) in [6.45, 7) is 8.56. The third kappa shape index (κ3) is 5.76. The third-order valence-electron chi connectivity index (χ3n) is 4.93. The van der Waals surface area contributed by atoms with Gasteiger partial charge in [-0.25, -0.2) is 9.78 Å². The highest BCUT2D eigenvalue weighted by molar-refractivity contribution is 7.99. The molecule has 0 aliphatic carbocycles. The molecule has 3 amide bonds. The average molecular weight is 453 g/mol. The van der Waals surface area contributed by atoms with Gasteiger partial charge in [0.25, 0.3) is 5.56 Å². The number of nitrogens with one attached hydrogen (secondary N) is 2. The van der Waals surface area contributed by atoms with Gasteiger partial charge in [0.1, 0.15) is 0 Å². The molecule has 3 aromatic rings. The molecule has 2 aromatic carbocycles. The Morgan fingerprint density at radius 2 is 1.88 bits per heavy atom. The number of nitrogens with zero attached hydrogens (tertiary/aromatic N) is 2. The van der Waals surface area contributed by atoms with E-state index in [0.29, 0.717) is 34.2 Å². The van der Waals surface area contributed by atoms with Crippen molar-refractivity contribution >= 4 is 34.6 Å². The summed E-state index contributed by atoms with van der Waals surface area (Å²) in [5.41, 5.74) is 3.10. The molecular formula is C24H28N4O3S. The third-order valence-corrected chi connectivity index (χ3v) is 5.87. The number of carbonyl (C=O) groups excluding carboxylic acids is 2. The van der Waals surface area contributed by atoms with E-state index in [9.17, 15) is 14.4 Å². The van der Waals surface area contributed by atoms with Crippen molar-refractivity contribution in [3.63, 3.8) is 0 Å². The summed E-state index contributed by atoms with van der Waals surface area (Å²) in [6, 6.07) is 12.4. The minimum absolute atomic E-state index is 0.0483. The Bertz CT molecular complexity index is 1200. The van der Waals surface area contributed by atoms with Gasteiger partial charge >= 0.3 is 6.03 Å². The zero-order chi connectivity index (χ0) is 23.3. The normalized spacial score (nSPS) is 11.0. The number of para-hydroxylation sites is 1. The van der Waals surface area contributed by atoms with Gasteiger partial charge in [-0.1, -0.05) is 55.4 Å². The highest BCUT2D eigenvalue weighted by atomic mass is 32.2. The van der Waals surface area contributed by atoms with Gasteiger partial charge in [0.2, 0.25) is 5.91 Å².